The van der Waals surface area contributed by atoms with Crippen LogP contribution >= 0.6 is 0 Å². The van der Waals surface area contributed by atoms with Crippen molar-refractivity contribution in [1.29, 1.82) is 0 Å². The summed E-state index contributed by atoms with van der Waals surface area (Å²) in [5.74, 6) is -0.506. The maximum absolute atomic E-state index is 13.3. The number of rotatable bonds is 8. The number of hydrogen-bond donors (Lipinski definition) is 1. The predicted octanol–water partition coefficient (Wildman–Crippen LogP) is 4.70. The maximum Gasteiger partial charge on any atom is 0.323 e. The van der Waals surface area contributed by atoms with Crippen LogP contribution in [-0.4, -0.2) is 40.6 Å². The van der Waals surface area contributed by atoms with E-state index in [1.165, 1.54) is 10.5 Å². The van der Waals surface area contributed by atoms with Crippen molar-refractivity contribution in [2.75, 3.05) is 13.1 Å². The van der Waals surface area contributed by atoms with Gasteiger partial charge in [0, 0.05) is 24.9 Å². The molecule has 33 heavy (non-hydrogen) atoms. The number of carboxylic acids is 1. The van der Waals surface area contributed by atoms with E-state index in [4.69, 9.17) is 4.74 Å². The Labute approximate surface area is 194 Å². The minimum atomic E-state index is -1.02. The third-order valence-electron chi connectivity index (χ3n) is 6.17. The number of hydrogen-bond acceptors (Lipinski definition) is 3. The van der Waals surface area contributed by atoms with Gasteiger partial charge in [-0.1, -0.05) is 54.6 Å². The highest BCUT2D eigenvalue weighted by Gasteiger charge is 2.35. The first kappa shape index (κ1) is 22.6. The lowest BCUT2D eigenvalue weighted by molar-refractivity contribution is -0.137. The summed E-state index contributed by atoms with van der Waals surface area (Å²) in [6.45, 7) is 4.12. The summed E-state index contributed by atoms with van der Waals surface area (Å²) in [4.78, 5) is 26.1. The van der Waals surface area contributed by atoms with Crippen molar-refractivity contribution in [2.45, 2.75) is 38.7 Å². The summed E-state index contributed by atoms with van der Waals surface area (Å²) in [5.41, 5.74) is 4.54. The van der Waals surface area contributed by atoms with Crippen LogP contribution in [0.25, 0.3) is 0 Å². The lowest BCUT2D eigenvalue weighted by Gasteiger charge is -2.24. The van der Waals surface area contributed by atoms with Crippen LogP contribution in [-0.2, 0) is 24.1 Å². The van der Waals surface area contributed by atoms with Gasteiger partial charge in [-0.25, -0.2) is 0 Å². The molecule has 0 saturated carbocycles. The van der Waals surface area contributed by atoms with E-state index in [0.717, 1.165) is 28.9 Å². The average Bonchev–Trinajstić information content (AvgIpc) is 3.12. The summed E-state index contributed by atoms with van der Waals surface area (Å²) in [6.07, 6.45) is 2.07. The Morgan fingerprint density at radius 1 is 1.03 bits per heavy atom. The molecule has 5 heteroatoms. The summed E-state index contributed by atoms with van der Waals surface area (Å²) in [5, 5.41) is 9.38. The summed E-state index contributed by atoms with van der Waals surface area (Å²) < 4.78 is 6.26. The van der Waals surface area contributed by atoms with Crippen molar-refractivity contribution in [2.24, 2.45) is 0 Å². The SMILES string of the molecule is Cc1ccccc1CCN(CC(=O)O)C(=O)c1ccc2c(c1)CC(C)(Cc1ccccc1)O2. The molecule has 1 heterocycles. The Balaban J connectivity index is 1.49. The molecule has 1 aliphatic heterocycles. The van der Waals surface area contributed by atoms with Gasteiger partial charge in [0.15, 0.2) is 0 Å². The van der Waals surface area contributed by atoms with E-state index in [1.54, 1.807) is 6.07 Å². The number of benzene rings is 3. The van der Waals surface area contributed by atoms with Gasteiger partial charge in [-0.2, -0.15) is 0 Å². The summed E-state index contributed by atoms with van der Waals surface area (Å²) in [7, 11) is 0. The van der Waals surface area contributed by atoms with Gasteiger partial charge < -0.3 is 14.7 Å². The number of aliphatic carboxylic acids is 1. The van der Waals surface area contributed by atoms with Gasteiger partial charge in [0.1, 0.15) is 17.9 Å². The fourth-order valence-corrected chi connectivity index (χ4v) is 4.53. The van der Waals surface area contributed by atoms with E-state index >= 15 is 0 Å². The largest absolute Gasteiger partial charge is 0.487 e. The fourth-order valence-electron chi connectivity index (χ4n) is 4.53. The van der Waals surface area contributed by atoms with Gasteiger partial charge in [0.25, 0.3) is 5.91 Å². The molecule has 0 spiro atoms. The minimum absolute atomic E-state index is 0.273. The molecule has 3 aromatic carbocycles. The number of amides is 1. The molecule has 0 aliphatic carbocycles. The van der Waals surface area contributed by atoms with Crippen LogP contribution in [0.15, 0.2) is 72.8 Å². The zero-order valence-corrected chi connectivity index (χ0v) is 19.1. The third kappa shape index (κ3) is 5.43. The molecule has 1 unspecified atom stereocenters. The van der Waals surface area contributed by atoms with Gasteiger partial charge in [0.05, 0.1) is 0 Å². The number of nitrogens with zero attached hydrogens (tertiary/aromatic N) is 1. The monoisotopic (exact) mass is 443 g/mol. The van der Waals surface area contributed by atoms with Gasteiger partial charge >= 0.3 is 5.97 Å². The second-order valence-electron chi connectivity index (χ2n) is 9.01. The Hall–Kier alpha value is -3.60. The van der Waals surface area contributed by atoms with Crippen molar-refractivity contribution in [3.05, 3.63) is 101 Å². The van der Waals surface area contributed by atoms with Crippen molar-refractivity contribution in [3.8, 4) is 5.75 Å². The van der Waals surface area contributed by atoms with Gasteiger partial charge in [-0.15, -0.1) is 0 Å². The van der Waals surface area contributed by atoms with Crippen LogP contribution in [0, 0.1) is 6.92 Å². The Morgan fingerprint density at radius 2 is 1.76 bits per heavy atom. The first-order chi connectivity index (χ1) is 15.8. The lowest BCUT2D eigenvalue weighted by atomic mass is 9.91. The Morgan fingerprint density at radius 3 is 2.48 bits per heavy atom. The van der Waals surface area contributed by atoms with Crippen molar-refractivity contribution in [3.63, 3.8) is 0 Å². The number of aryl methyl sites for hydroxylation is 1. The number of ether oxygens (including phenoxy) is 1. The normalized spacial score (nSPS) is 16.7. The first-order valence-electron chi connectivity index (χ1n) is 11.2. The van der Waals surface area contributed by atoms with E-state index in [2.05, 4.69) is 19.1 Å². The van der Waals surface area contributed by atoms with Crippen LogP contribution in [0.3, 0.4) is 0 Å². The molecule has 3 aromatic rings. The topological polar surface area (TPSA) is 66.8 Å². The zero-order chi connectivity index (χ0) is 23.4. The average molecular weight is 444 g/mol. The molecule has 0 aromatic heterocycles. The standard InChI is InChI=1S/C28H29NO4/c1-20-8-6-7-11-22(20)14-15-29(19-26(30)31)27(32)23-12-13-25-24(16-23)18-28(2,33-25)17-21-9-4-3-5-10-21/h3-13,16H,14-15,17-19H2,1-2H3,(H,30,31). The second-order valence-corrected chi connectivity index (χ2v) is 9.01. The van der Waals surface area contributed by atoms with E-state index in [1.807, 2.05) is 61.5 Å². The smallest absolute Gasteiger partial charge is 0.323 e. The number of fused-ring (bicyclic) bond motifs is 1. The first-order valence-corrected chi connectivity index (χ1v) is 11.2. The van der Waals surface area contributed by atoms with Crippen LogP contribution in [0.4, 0.5) is 0 Å². The number of carboxylic acid groups (broad SMARTS) is 1. The zero-order valence-electron chi connectivity index (χ0n) is 19.1. The molecular formula is C28H29NO4. The molecule has 1 N–H and O–H groups in total. The quantitative estimate of drug-likeness (QED) is 0.548. The van der Waals surface area contributed by atoms with Crippen LogP contribution in [0.1, 0.15) is 39.5 Å². The molecule has 0 bridgehead atoms. The molecule has 1 amide bonds. The van der Waals surface area contributed by atoms with E-state index < -0.39 is 5.97 Å². The van der Waals surface area contributed by atoms with Crippen molar-refractivity contribution < 1.29 is 19.4 Å². The number of carbonyl (C=O) groups is 2. The molecule has 1 atom stereocenters. The number of carbonyl (C=O) groups excluding carboxylic acids is 1. The predicted molar refractivity (Wildman–Crippen MR) is 128 cm³/mol. The highest BCUT2D eigenvalue weighted by Crippen LogP contribution is 2.37. The van der Waals surface area contributed by atoms with Crippen molar-refractivity contribution >= 4 is 11.9 Å². The van der Waals surface area contributed by atoms with Crippen molar-refractivity contribution in [1.82, 2.24) is 4.90 Å². The van der Waals surface area contributed by atoms with Crippen LogP contribution in [0.5, 0.6) is 5.75 Å². The molecule has 0 radical (unpaired) electrons. The van der Waals surface area contributed by atoms with Crippen LogP contribution < -0.4 is 4.74 Å². The van der Waals surface area contributed by atoms with Gasteiger partial charge in [-0.3, -0.25) is 9.59 Å². The van der Waals surface area contributed by atoms with Gasteiger partial charge in [-0.05, 0) is 60.7 Å². The lowest BCUT2D eigenvalue weighted by Crippen LogP contribution is -2.37. The molecule has 0 fully saturated rings. The van der Waals surface area contributed by atoms with Crippen LogP contribution in [0.2, 0.25) is 0 Å². The highest BCUT2D eigenvalue weighted by molar-refractivity contribution is 5.96. The summed E-state index contributed by atoms with van der Waals surface area (Å²) in [6, 6.07) is 23.6. The Bertz CT molecular complexity index is 1160. The Kier molecular flexibility index (Phi) is 6.50. The van der Waals surface area contributed by atoms with E-state index in [0.29, 0.717) is 24.9 Å². The molecule has 5 nitrogen and oxygen atoms in total. The molecule has 170 valence electrons. The highest BCUT2D eigenvalue weighted by atomic mass is 16.5. The minimum Gasteiger partial charge on any atom is -0.487 e. The molecule has 0 saturated heterocycles. The molecular weight excluding hydrogens is 414 g/mol. The van der Waals surface area contributed by atoms with E-state index in [-0.39, 0.29) is 18.1 Å². The summed E-state index contributed by atoms with van der Waals surface area (Å²) >= 11 is 0. The van der Waals surface area contributed by atoms with E-state index in [9.17, 15) is 14.7 Å². The van der Waals surface area contributed by atoms with Gasteiger partial charge in [0.2, 0.25) is 0 Å². The second kappa shape index (κ2) is 9.49. The molecule has 1 aliphatic rings. The maximum atomic E-state index is 13.3. The fraction of sp³-hybridized carbons (Fsp3) is 0.286. The third-order valence-corrected chi connectivity index (χ3v) is 6.17. The molecule has 4 rings (SSSR count).